The number of carbonyl (C=O) groups is 2. The largest absolute Gasteiger partial charge is 0.462 e. The van der Waals surface area contributed by atoms with Gasteiger partial charge < -0.3 is 15.4 Å². The van der Waals surface area contributed by atoms with Gasteiger partial charge in [-0.05, 0) is 31.2 Å². The molecule has 0 heterocycles. The third kappa shape index (κ3) is 7.36. The molecule has 0 bridgehead atoms. The number of thioether (sulfide) groups is 1. The molecule has 5 nitrogen and oxygen atoms in total. The molecule has 6 heteroatoms. The van der Waals surface area contributed by atoms with Crippen molar-refractivity contribution in [2.45, 2.75) is 32.4 Å². The van der Waals surface area contributed by atoms with Crippen LogP contribution in [-0.4, -0.2) is 35.7 Å². The first kappa shape index (κ1) is 18.4. The first-order chi connectivity index (χ1) is 10.3. The van der Waals surface area contributed by atoms with E-state index in [-0.39, 0.29) is 16.7 Å². The van der Waals surface area contributed by atoms with Crippen LogP contribution in [0.4, 0.5) is 10.5 Å². The topological polar surface area (TPSA) is 67.4 Å². The molecule has 0 saturated heterocycles. The summed E-state index contributed by atoms with van der Waals surface area (Å²) >= 11 is 1.80. The van der Waals surface area contributed by atoms with Crippen LogP contribution in [0, 0.1) is 0 Å². The van der Waals surface area contributed by atoms with E-state index in [1.165, 1.54) is 0 Å². The lowest BCUT2D eigenvalue weighted by Crippen LogP contribution is -2.31. The zero-order valence-electron chi connectivity index (χ0n) is 13.6. The summed E-state index contributed by atoms with van der Waals surface area (Å²) in [5.74, 6) is 0.497. The fourth-order valence-corrected chi connectivity index (χ4v) is 2.42. The summed E-state index contributed by atoms with van der Waals surface area (Å²) in [7, 11) is 0. The Kier molecular flexibility index (Phi) is 7.24. The zero-order chi connectivity index (χ0) is 16.6. The molecule has 1 rings (SSSR count). The molecule has 0 atom stereocenters. The van der Waals surface area contributed by atoms with Gasteiger partial charge in [0.05, 0.1) is 12.2 Å². The van der Waals surface area contributed by atoms with E-state index in [1.54, 1.807) is 43.0 Å². The molecule has 1 aromatic rings. The van der Waals surface area contributed by atoms with Gasteiger partial charge in [-0.2, -0.15) is 11.8 Å². The summed E-state index contributed by atoms with van der Waals surface area (Å²) in [6, 6.07) is 6.36. The van der Waals surface area contributed by atoms with Crippen LogP contribution in [0.25, 0.3) is 0 Å². The van der Waals surface area contributed by atoms with Gasteiger partial charge in [-0.3, -0.25) is 0 Å². The summed E-state index contributed by atoms with van der Waals surface area (Å²) in [5, 5.41) is 5.53. The normalized spacial score (nSPS) is 10.9. The number of nitrogens with one attached hydrogen (secondary N) is 2. The molecule has 0 aliphatic carbocycles. The maximum absolute atomic E-state index is 11.7. The molecule has 0 fully saturated rings. The van der Waals surface area contributed by atoms with E-state index in [0.29, 0.717) is 24.4 Å². The van der Waals surface area contributed by atoms with Gasteiger partial charge in [0, 0.05) is 22.7 Å². The first-order valence-electron chi connectivity index (χ1n) is 7.28. The number of anilines is 1. The highest BCUT2D eigenvalue weighted by Crippen LogP contribution is 2.22. The summed E-state index contributed by atoms with van der Waals surface area (Å²) < 4.78 is 5.10. The molecule has 0 radical (unpaired) electrons. The van der Waals surface area contributed by atoms with Crippen molar-refractivity contribution < 1.29 is 14.3 Å². The van der Waals surface area contributed by atoms with Gasteiger partial charge in [-0.15, -0.1) is 0 Å². The minimum atomic E-state index is -0.363. The number of rotatable bonds is 6. The van der Waals surface area contributed by atoms with Crippen LogP contribution in [0.15, 0.2) is 24.3 Å². The van der Waals surface area contributed by atoms with Crippen molar-refractivity contribution in [3.8, 4) is 0 Å². The van der Waals surface area contributed by atoms with E-state index in [0.717, 1.165) is 5.75 Å². The molecule has 0 aromatic heterocycles. The van der Waals surface area contributed by atoms with E-state index in [1.807, 2.05) is 0 Å². The number of amides is 2. The van der Waals surface area contributed by atoms with E-state index in [4.69, 9.17) is 4.74 Å². The predicted octanol–water partition coefficient (Wildman–Crippen LogP) is 3.52. The molecule has 0 aliphatic heterocycles. The van der Waals surface area contributed by atoms with Gasteiger partial charge in [-0.1, -0.05) is 20.8 Å². The fourth-order valence-electron chi connectivity index (χ4n) is 1.60. The maximum atomic E-state index is 11.7. The van der Waals surface area contributed by atoms with Crippen molar-refractivity contribution in [1.82, 2.24) is 5.32 Å². The molecule has 22 heavy (non-hydrogen) atoms. The Hall–Kier alpha value is -1.69. The zero-order valence-corrected chi connectivity index (χ0v) is 14.4. The van der Waals surface area contributed by atoms with Crippen molar-refractivity contribution in [1.29, 1.82) is 0 Å². The Labute approximate surface area is 136 Å². The number of carbonyl (C=O) groups excluding carboxylic acids is 2. The number of urea groups is 1. The second-order valence-electron chi connectivity index (χ2n) is 5.64. The third-order valence-electron chi connectivity index (χ3n) is 2.58. The Balaban J connectivity index is 2.37. The standard InChI is InChI=1S/C16H24N2O3S/c1-5-21-14(19)12-6-8-13(9-7-12)18-15(20)17-10-11-22-16(2,3)4/h6-9H,5,10-11H2,1-4H3,(H2,17,18,20). The number of hydrogen-bond donors (Lipinski definition) is 2. The van der Waals surface area contributed by atoms with Crippen molar-refractivity contribution in [2.75, 3.05) is 24.2 Å². The van der Waals surface area contributed by atoms with E-state index in [9.17, 15) is 9.59 Å². The van der Waals surface area contributed by atoms with Crippen LogP contribution < -0.4 is 10.6 Å². The molecule has 1 aromatic carbocycles. The molecule has 2 N–H and O–H groups in total. The lowest BCUT2D eigenvalue weighted by Gasteiger charge is -2.17. The highest BCUT2D eigenvalue weighted by atomic mass is 32.2. The van der Waals surface area contributed by atoms with Crippen molar-refractivity contribution >= 4 is 29.4 Å². The van der Waals surface area contributed by atoms with Gasteiger partial charge >= 0.3 is 12.0 Å². The highest BCUT2D eigenvalue weighted by Gasteiger charge is 2.10. The average Bonchev–Trinajstić information content (AvgIpc) is 2.44. The van der Waals surface area contributed by atoms with E-state index in [2.05, 4.69) is 31.4 Å². The number of benzene rings is 1. The summed E-state index contributed by atoms with van der Waals surface area (Å²) in [6.45, 7) is 9.13. The van der Waals surface area contributed by atoms with Crippen LogP contribution in [0.5, 0.6) is 0 Å². The van der Waals surface area contributed by atoms with Gasteiger partial charge in [0.1, 0.15) is 0 Å². The lowest BCUT2D eigenvalue weighted by atomic mass is 10.2. The first-order valence-corrected chi connectivity index (χ1v) is 8.26. The van der Waals surface area contributed by atoms with Gasteiger partial charge in [0.2, 0.25) is 0 Å². The van der Waals surface area contributed by atoms with Crippen molar-refractivity contribution in [3.63, 3.8) is 0 Å². The Morgan fingerprint density at radius 1 is 1.18 bits per heavy atom. The van der Waals surface area contributed by atoms with Crippen LogP contribution in [0.1, 0.15) is 38.1 Å². The van der Waals surface area contributed by atoms with Crippen LogP contribution in [-0.2, 0) is 4.74 Å². The highest BCUT2D eigenvalue weighted by molar-refractivity contribution is 8.00. The smallest absolute Gasteiger partial charge is 0.338 e. The molecular formula is C16H24N2O3S. The Bertz CT molecular complexity index is 495. The quantitative estimate of drug-likeness (QED) is 0.620. The van der Waals surface area contributed by atoms with Gasteiger partial charge in [0.25, 0.3) is 0 Å². The van der Waals surface area contributed by atoms with Gasteiger partial charge in [0.15, 0.2) is 0 Å². The van der Waals surface area contributed by atoms with Crippen LogP contribution >= 0.6 is 11.8 Å². The summed E-state index contributed by atoms with van der Waals surface area (Å²) in [5.41, 5.74) is 1.10. The number of hydrogen-bond acceptors (Lipinski definition) is 4. The number of esters is 1. The fraction of sp³-hybridized carbons (Fsp3) is 0.500. The second kappa shape index (κ2) is 8.68. The molecular weight excluding hydrogens is 300 g/mol. The SMILES string of the molecule is CCOC(=O)c1ccc(NC(=O)NCCSC(C)(C)C)cc1. The summed E-state index contributed by atoms with van der Waals surface area (Å²) in [6.07, 6.45) is 0. The monoisotopic (exact) mass is 324 g/mol. The Morgan fingerprint density at radius 2 is 1.82 bits per heavy atom. The Morgan fingerprint density at radius 3 is 2.36 bits per heavy atom. The second-order valence-corrected chi connectivity index (χ2v) is 7.56. The van der Waals surface area contributed by atoms with Gasteiger partial charge in [-0.25, -0.2) is 9.59 Å². The minimum Gasteiger partial charge on any atom is -0.462 e. The van der Waals surface area contributed by atoms with Crippen molar-refractivity contribution in [2.24, 2.45) is 0 Å². The number of ether oxygens (including phenoxy) is 1. The van der Waals surface area contributed by atoms with E-state index < -0.39 is 0 Å². The minimum absolute atomic E-state index is 0.196. The van der Waals surface area contributed by atoms with E-state index >= 15 is 0 Å². The summed E-state index contributed by atoms with van der Waals surface area (Å²) in [4.78, 5) is 23.2. The molecule has 2 amide bonds. The average molecular weight is 324 g/mol. The van der Waals surface area contributed by atoms with Crippen LogP contribution in [0.2, 0.25) is 0 Å². The molecule has 0 unspecified atom stereocenters. The molecule has 0 saturated carbocycles. The van der Waals surface area contributed by atoms with Crippen molar-refractivity contribution in [3.05, 3.63) is 29.8 Å². The van der Waals surface area contributed by atoms with Crippen LogP contribution in [0.3, 0.4) is 0 Å². The molecule has 0 aliphatic rings. The molecule has 0 spiro atoms. The predicted molar refractivity (Wildman–Crippen MR) is 91.6 cm³/mol. The maximum Gasteiger partial charge on any atom is 0.338 e. The third-order valence-corrected chi connectivity index (χ3v) is 3.85. The molecule has 122 valence electrons. The lowest BCUT2D eigenvalue weighted by molar-refractivity contribution is 0.0526.